The summed E-state index contributed by atoms with van der Waals surface area (Å²) >= 11 is 0. The van der Waals surface area contributed by atoms with Gasteiger partial charge in [-0.05, 0) is 70.6 Å². The van der Waals surface area contributed by atoms with Crippen LogP contribution in [0.3, 0.4) is 0 Å². The van der Waals surface area contributed by atoms with Gasteiger partial charge >= 0.3 is 0 Å². The number of rotatable bonds is 54. The minimum absolute atomic E-state index is 0.351. The highest BCUT2D eigenvalue weighted by Crippen LogP contribution is 2.17. The maximum atomic E-state index is 12.6. The third kappa shape index (κ3) is 47.6. The summed E-state index contributed by atoms with van der Waals surface area (Å²) in [7, 11) is 0. The van der Waals surface area contributed by atoms with Crippen LogP contribution in [-0.4, -0.2) is 57.3 Å². The number of hydrogen-bond acceptors (Lipinski definition) is 5. The van der Waals surface area contributed by atoms with Crippen LogP contribution in [0.25, 0.3) is 0 Å². The molecular formula is C60H115NO5. The number of carbonyl (C=O) groups is 1. The molecule has 0 spiro atoms. The Kier molecular flexibility index (Phi) is 53.3. The first-order valence-corrected chi connectivity index (χ1v) is 29.4. The molecule has 0 aliphatic heterocycles. The molecular weight excluding hydrogens is 815 g/mol. The summed E-state index contributed by atoms with van der Waals surface area (Å²) in [6, 6.07) is -1.01. The van der Waals surface area contributed by atoms with Gasteiger partial charge in [-0.2, -0.15) is 0 Å². The molecule has 66 heavy (non-hydrogen) atoms. The maximum Gasteiger partial charge on any atom is 0.249 e. The van der Waals surface area contributed by atoms with Gasteiger partial charge in [0.15, 0.2) is 0 Å². The van der Waals surface area contributed by atoms with Crippen LogP contribution in [0.1, 0.15) is 309 Å². The van der Waals surface area contributed by atoms with Gasteiger partial charge in [-0.15, -0.1) is 0 Å². The van der Waals surface area contributed by atoms with E-state index in [0.717, 1.165) is 57.8 Å². The Labute approximate surface area is 411 Å². The van der Waals surface area contributed by atoms with Crippen molar-refractivity contribution in [2.75, 3.05) is 6.61 Å². The molecule has 6 heteroatoms. The predicted octanol–water partition coefficient (Wildman–Crippen LogP) is 17.2. The molecule has 5 N–H and O–H groups in total. The highest BCUT2D eigenvalue weighted by atomic mass is 16.3. The van der Waals surface area contributed by atoms with Crippen LogP contribution in [0, 0.1) is 0 Å². The van der Waals surface area contributed by atoms with E-state index in [1.54, 1.807) is 0 Å². The summed E-state index contributed by atoms with van der Waals surface area (Å²) in [4.78, 5) is 12.6. The summed E-state index contributed by atoms with van der Waals surface area (Å²) in [6.45, 7) is 4.07. The average molecular weight is 931 g/mol. The van der Waals surface area contributed by atoms with Crippen molar-refractivity contribution < 1.29 is 25.2 Å². The van der Waals surface area contributed by atoms with Gasteiger partial charge in [0.25, 0.3) is 0 Å². The summed E-state index contributed by atoms with van der Waals surface area (Å²) in [6.07, 6.45) is 67.9. The Balaban J connectivity index is 3.66. The lowest BCUT2D eigenvalue weighted by Gasteiger charge is -2.27. The molecule has 0 rings (SSSR count). The van der Waals surface area contributed by atoms with Gasteiger partial charge in [0.05, 0.1) is 18.8 Å². The van der Waals surface area contributed by atoms with Crippen molar-refractivity contribution in [3.8, 4) is 0 Å². The fourth-order valence-corrected chi connectivity index (χ4v) is 9.20. The SMILES string of the molecule is CCCCCCCCCCC/C=C\C/C=C\CCCCCCCCC(O)C(=O)NC(CO)C(O)C(O)CCC/C=C/CCCCCCCCCCCCCCCCCCCCCCCCC. The fraction of sp³-hybridized carbons (Fsp3) is 0.883. The lowest BCUT2D eigenvalue weighted by atomic mass is 10.00. The van der Waals surface area contributed by atoms with E-state index in [0.29, 0.717) is 12.8 Å². The minimum Gasteiger partial charge on any atom is -0.394 e. The van der Waals surface area contributed by atoms with Crippen LogP contribution in [0.4, 0.5) is 0 Å². The number of carbonyl (C=O) groups excluding carboxylic acids is 1. The largest absolute Gasteiger partial charge is 0.394 e. The van der Waals surface area contributed by atoms with E-state index in [4.69, 9.17) is 0 Å². The Bertz CT molecular complexity index is 1040. The third-order valence-corrected chi connectivity index (χ3v) is 13.8. The zero-order chi connectivity index (χ0) is 48.1. The Hall–Kier alpha value is -1.47. The maximum absolute atomic E-state index is 12.6. The molecule has 0 bridgehead atoms. The van der Waals surface area contributed by atoms with Crippen molar-refractivity contribution in [1.29, 1.82) is 0 Å². The van der Waals surface area contributed by atoms with Gasteiger partial charge in [0, 0.05) is 0 Å². The van der Waals surface area contributed by atoms with Crippen LogP contribution in [-0.2, 0) is 4.79 Å². The zero-order valence-corrected chi connectivity index (χ0v) is 44.2. The highest BCUT2D eigenvalue weighted by molar-refractivity contribution is 5.80. The van der Waals surface area contributed by atoms with Crippen LogP contribution in [0.2, 0.25) is 0 Å². The van der Waals surface area contributed by atoms with Gasteiger partial charge in [0.1, 0.15) is 12.2 Å². The van der Waals surface area contributed by atoms with E-state index >= 15 is 0 Å². The molecule has 1 amide bonds. The fourth-order valence-electron chi connectivity index (χ4n) is 9.20. The summed E-state index contributed by atoms with van der Waals surface area (Å²) in [5, 5.41) is 44.0. The average Bonchev–Trinajstić information content (AvgIpc) is 3.32. The standard InChI is InChI=1S/C60H115NO5/c1-3-5-7-9-11-13-15-17-19-21-23-25-27-28-29-30-31-32-34-35-37-39-41-43-45-47-49-51-53-57(63)59(65)56(55-62)61-60(66)58(64)54-52-50-48-46-44-42-40-38-36-33-26-24-22-20-18-16-14-12-10-8-6-4-2/h24,26,36,38,45,47,56-59,62-65H,3-23,25,27-35,37,39-44,46,48-55H2,1-2H3,(H,61,66)/b26-24-,38-36-,47-45+. The minimum atomic E-state index is -1.29. The molecule has 0 aromatic carbocycles. The normalized spacial score (nSPS) is 14.0. The van der Waals surface area contributed by atoms with Crippen LogP contribution in [0.15, 0.2) is 36.5 Å². The van der Waals surface area contributed by atoms with Crippen molar-refractivity contribution in [3.63, 3.8) is 0 Å². The molecule has 4 unspecified atom stereocenters. The van der Waals surface area contributed by atoms with Gasteiger partial charge < -0.3 is 25.7 Å². The summed E-state index contributed by atoms with van der Waals surface area (Å²) < 4.78 is 0. The highest BCUT2D eigenvalue weighted by Gasteiger charge is 2.28. The number of hydrogen-bond donors (Lipinski definition) is 5. The summed E-state index contributed by atoms with van der Waals surface area (Å²) in [5.41, 5.74) is 0. The third-order valence-electron chi connectivity index (χ3n) is 13.8. The van der Waals surface area contributed by atoms with Crippen molar-refractivity contribution in [2.24, 2.45) is 0 Å². The van der Waals surface area contributed by atoms with E-state index < -0.39 is 36.9 Å². The number of unbranched alkanes of at least 4 members (excludes halogenated alkanes) is 39. The summed E-state index contributed by atoms with van der Waals surface area (Å²) in [5.74, 6) is -0.598. The number of nitrogens with one attached hydrogen (secondary N) is 1. The smallest absolute Gasteiger partial charge is 0.249 e. The Morgan fingerprint density at radius 1 is 0.379 bits per heavy atom. The van der Waals surface area contributed by atoms with Crippen molar-refractivity contribution >= 4 is 5.91 Å². The topological polar surface area (TPSA) is 110 Å². The molecule has 0 aromatic rings. The number of aliphatic hydroxyl groups excluding tert-OH is 4. The van der Waals surface area contributed by atoms with Crippen LogP contribution >= 0.6 is 0 Å². The van der Waals surface area contributed by atoms with Gasteiger partial charge in [-0.3, -0.25) is 4.79 Å². The lowest BCUT2D eigenvalue weighted by molar-refractivity contribution is -0.132. The van der Waals surface area contributed by atoms with E-state index in [1.807, 2.05) is 0 Å². The second-order valence-corrected chi connectivity index (χ2v) is 20.3. The first-order valence-electron chi connectivity index (χ1n) is 29.4. The second kappa shape index (κ2) is 54.5. The van der Waals surface area contributed by atoms with Crippen LogP contribution in [0.5, 0.6) is 0 Å². The van der Waals surface area contributed by atoms with E-state index in [1.165, 1.54) is 225 Å². The number of allylic oxidation sites excluding steroid dienone is 6. The lowest BCUT2D eigenvalue weighted by Crippen LogP contribution is -2.53. The molecule has 0 saturated carbocycles. The van der Waals surface area contributed by atoms with E-state index in [-0.39, 0.29) is 0 Å². The van der Waals surface area contributed by atoms with Crippen molar-refractivity contribution in [3.05, 3.63) is 36.5 Å². The monoisotopic (exact) mass is 930 g/mol. The molecule has 0 radical (unpaired) electrons. The molecule has 0 aliphatic rings. The van der Waals surface area contributed by atoms with Crippen molar-refractivity contribution in [2.45, 2.75) is 334 Å². The Morgan fingerprint density at radius 3 is 1.00 bits per heavy atom. The van der Waals surface area contributed by atoms with Crippen molar-refractivity contribution in [1.82, 2.24) is 5.32 Å². The molecule has 6 nitrogen and oxygen atoms in total. The molecule has 0 fully saturated rings. The molecule has 0 saturated heterocycles. The van der Waals surface area contributed by atoms with Gasteiger partial charge in [-0.25, -0.2) is 0 Å². The molecule has 0 heterocycles. The second-order valence-electron chi connectivity index (χ2n) is 20.3. The van der Waals surface area contributed by atoms with Crippen LogP contribution < -0.4 is 5.32 Å². The first kappa shape index (κ1) is 64.5. The quantitative estimate of drug-likeness (QED) is 0.0308. The first-order chi connectivity index (χ1) is 32.5. The van der Waals surface area contributed by atoms with Gasteiger partial charge in [0.2, 0.25) is 5.91 Å². The zero-order valence-electron chi connectivity index (χ0n) is 44.2. The molecule has 390 valence electrons. The molecule has 0 aliphatic carbocycles. The van der Waals surface area contributed by atoms with E-state index in [2.05, 4.69) is 55.6 Å². The molecule has 4 atom stereocenters. The van der Waals surface area contributed by atoms with Gasteiger partial charge in [-0.1, -0.05) is 275 Å². The predicted molar refractivity (Wildman–Crippen MR) is 288 cm³/mol. The van der Waals surface area contributed by atoms with E-state index in [9.17, 15) is 25.2 Å². The molecule has 0 aromatic heterocycles. The Morgan fingerprint density at radius 2 is 0.667 bits per heavy atom. The number of amides is 1. The number of aliphatic hydroxyl groups is 4.